The molecule has 0 unspecified atom stereocenters. The Kier molecular flexibility index (Phi) is 5.55. The van der Waals surface area contributed by atoms with Gasteiger partial charge in [0.2, 0.25) is 11.8 Å². The third kappa shape index (κ3) is 4.44. The van der Waals surface area contributed by atoms with E-state index in [1.54, 1.807) is 35.6 Å². The van der Waals surface area contributed by atoms with Gasteiger partial charge in [-0.3, -0.25) is 9.59 Å². The van der Waals surface area contributed by atoms with Gasteiger partial charge in [-0.15, -0.1) is 11.3 Å². The lowest BCUT2D eigenvalue weighted by Gasteiger charge is -2.06. The second-order valence-electron chi connectivity index (χ2n) is 6.15. The number of nitrogens with two attached hydrogens (primary N) is 1. The van der Waals surface area contributed by atoms with Crippen LogP contribution < -0.4 is 11.1 Å². The Labute approximate surface area is 175 Å². The number of aromatic nitrogens is 2. The maximum absolute atomic E-state index is 12.3. The van der Waals surface area contributed by atoms with E-state index >= 15 is 0 Å². The smallest absolute Gasteiger partial charge is 0.248 e. The Hall–Kier alpha value is -3.23. The highest BCUT2D eigenvalue weighted by Crippen LogP contribution is 2.36. The van der Waals surface area contributed by atoms with Gasteiger partial charge >= 0.3 is 0 Å². The number of amides is 2. The van der Waals surface area contributed by atoms with Crippen LogP contribution in [0.25, 0.3) is 20.7 Å². The first-order valence-electron chi connectivity index (χ1n) is 8.72. The molecule has 29 heavy (non-hydrogen) atoms. The molecule has 0 saturated carbocycles. The van der Waals surface area contributed by atoms with Gasteiger partial charge in [-0.25, -0.2) is 9.97 Å². The third-order valence-electron chi connectivity index (χ3n) is 4.14. The predicted molar refractivity (Wildman–Crippen MR) is 117 cm³/mol. The molecule has 6 nitrogen and oxygen atoms in total. The quantitative estimate of drug-likeness (QED) is 0.360. The van der Waals surface area contributed by atoms with Crippen LogP contribution in [0.1, 0.15) is 10.4 Å². The number of primary amides is 1. The van der Waals surface area contributed by atoms with Gasteiger partial charge in [-0.05, 0) is 35.9 Å². The van der Waals surface area contributed by atoms with Crippen LogP contribution in [-0.4, -0.2) is 27.5 Å². The summed E-state index contributed by atoms with van der Waals surface area (Å²) in [6.45, 7) is 0. The minimum Gasteiger partial charge on any atom is -0.366 e. The monoisotopic (exact) mass is 420 g/mol. The summed E-state index contributed by atoms with van der Waals surface area (Å²) >= 11 is 2.97. The molecule has 0 aliphatic heterocycles. The summed E-state index contributed by atoms with van der Waals surface area (Å²) in [5, 5.41) is 4.52. The number of carbonyl (C=O) groups is 2. The fourth-order valence-electron chi connectivity index (χ4n) is 2.74. The molecule has 0 aliphatic carbocycles. The summed E-state index contributed by atoms with van der Waals surface area (Å²) in [5.74, 6) is -0.454. The van der Waals surface area contributed by atoms with Crippen molar-refractivity contribution in [1.82, 2.24) is 9.97 Å². The first-order valence-corrected chi connectivity index (χ1v) is 10.5. The summed E-state index contributed by atoms with van der Waals surface area (Å²) in [7, 11) is 0. The molecule has 4 rings (SSSR count). The molecule has 2 aromatic heterocycles. The van der Waals surface area contributed by atoms with Gasteiger partial charge in [0.25, 0.3) is 0 Å². The molecule has 0 bridgehead atoms. The lowest BCUT2D eigenvalue weighted by Crippen LogP contribution is -2.15. The zero-order valence-electron chi connectivity index (χ0n) is 15.2. The molecular weight excluding hydrogens is 404 g/mol. The van der Waals surface area contributed by atoms with Crippen LogP contribution in [0.4, 0.5) is 5.69 Å². The highest BCUT2D eigenvalue weighted by molar-refractivity contribution is 8.00. The molecule has 8 heteroatoms. The van der Waals surface area contributed by atoms with Gasteiger partial charge in [-0.2, -0.15) is 0 Å². The number of hydrogen-bond donors (Lipinski definition) is 2. The molecule has 0 fully saturated rings. The normalized spacial score (nSPS) is 10.8. The van der Waals surface area contributed by atoms with Crippen molar-refractivity contribution in [3.63, 3.8) is 0 Å². The van der Waals surface area contributed by atoms with E-state index in [1.807, 2.05) is 18.2 Å². The van der Waals surface area contributed by atoms with Crippen molar-refractivity contribution >= 4 is 50.8 Å². The fourth-order valence-corrected chi connectivity index (χ4v) is 4.58. The maximum atomic E-state index is 12.3. The van der Waals surface area contributed by atoms with E-state index in [0.717, 1.165) is 25.7 Å². The predicted octanol–water partition coefficient (Wildman–Crippen LogP) is 4.19. The number of nitrogens with one attached hydrogen (secondary N) is 1. The Bertz CT molecular complexity index is 1170. The van der Waals surface area contributed by atoms with Gasteiger partial charge in [0.05, 0.1) is 5.75 Å². The van der Waals surface area contributed by atoms with Crippen molar-refractivity contribution in [2.24, 2.45) is 5.73 Å². The molecule has 0 spiro atoms. The summed E-state index contributed by atoms with van der Waals surface area (Å²) in [6.07, 6.45) is 1.52. The fraction of sp³-hybridized carbons (Fsp3) is 0.0476. The summed E-state index contributed by atoms with van der Waals surface area (Å²) < 4.78 is 0. The Morgan fingerprint density at radius 1 is 1.03 bits per heavy atom. The molecule has 3 N–H and O–H groups in total. The van der Waals surface area contributed by atoms with Gasteiger partial charge in [0.15, 0.2) is 0 Å². The number of thiophene rings is 1. The van der Waals surface area contributed by atoms with Crippen molar-refractivity contribution in [2.45, 2.75) is 5.03 Å². The number of anilines is 1. The van der Waals surface area contributed by atoms with Crippen LogP contribution in [0, 0.1) is 0 Å². The molecule has 0 aliphatic rings. The van der Waals surface area contributed by atoms with Gasteiger partial charge < -0.3 is 11.1 Å². The molecule has 144 valence electrons. The van der Waals surface area contributed by atoms with Gasteiger partial charge in [-0.1, -0.05) is 42.1 Å². The summed E-state index contributed by atoms with van der Waals surface area (Å²) in [5.41, 5.74) is 7.35. The number of carbonyl (C=O) groups excluding carboxylic acids is 2. The molecule has 2 amide bonds. The lowest BCUT2D eigenvalue weighted by molar-refractivity contribution is -0.113. The summed E-state index contributed by atoms with van der Waals surface area (Å²) in [6, 6.07) is 18.6. The van der Waals surface area contributed by atoms with E-state index < -0.39 is 5.91 Å². The van der Waals surface area contributed by atoms with Crippen molar-refractivity contribution < 1.29 is 9.59 Å². The topological polar surface area (TPSA) is 98.0 Å². The Morgan fingerprint density at radius 2 is 1.79 bits per heavy atom. The van der Waals surface area contributed by atoms with E-state index in [4.69, 9.17) is 5.73 Å². The van der Waals surface area contributed by atoms with Crippen molar-refractivity contribution in [3.8, 4) is 10.4 Å². The number of rotatable bonds is 6. The average molecular weight is 421 g/mol. The highest BCUT2D eigenvalue weighted by atomic mass is 32.2. The number of thioether (sulfide) groups is 1. The van der Waals surface area contributed by atoms with Crippen molar-refractivity contribution in [2.75, 3.05) is 11.1 Å². The van der Waals surface area contributed by atoms with Gasteiger partial charge in [0.1, 0.15) is 16.2 Å². The van der Waals surface area contributed by atoms with Crippen LogP contribution in [-0.2, 0) is 4.79 Å². The van der Waals surface area contributed by atoms with E-state index in [2.05, 4.69) is 33.5 Å². The molecule has 0 radical (unpaired) electrons. The second kappa shape index (κ2) is 8.42. The van der Waals surface area contributed by atoms with Crippen LogP contribution >= 0.6 is 23.1 Å². The molecular formula is C21H16N4O2S2. The standard InChI is InChI=1S/C21H16N4O2S2/c22-19(27)14-6-8-15(9-7-14)25-18(26)11-28-20-16-10-17(13-4-2-1-3-5-13)29-21(16)24-12-23-20/h1-10,12H,11H2,(H2,22,27)(H,25,26). The second-order valence-corrected chi connectivity index (χ2v) is 8.15. The lowest BCUT2D eigenvalue weighted by atomic mass is 10.2. The van der Waals surface area contributed by atoms with E-state index in [1.165, 1.54) is 18.1 Å². The number of hydrogen-bond acceptors (Lipinski definition) is 6. The largest absolute Gasteiger partial charge is 0.366 e. The minimum absolute atomic E-state index is 0.160. The third-order valence-corrected chi connectivity index (χ3v) is 6.24. The Morgan fingerprint density at radius 3 is 2.52 bits per heavy atom. The van der Waals surface area contributed by atoms with Crippen LogP contribution in [0.5, 0.6) is 0 Å². The first kappa shape index (κ1) is 19.1. The van der Waals surface area contributed by atoms with Crippen molar-refractivity contribution in [1.29, 1.82) is 0 Å². The van der Waals surface area contributed by atoms with Crippen LogP contribution in [0.15, 0.2) is 72.0 Å². The number of benzene rings is 2. The Balaban J connectivity index is 1.46. The average Bonchev–Trinajstić information content (AvgIpc) is 3.18. The number of fused-ring (bicyclic) bond motifs is 1. The van der Waals surface area contributed by atoms with E-state index in [-0.39, 0.29) is 11.7 Å². The first-order chi connectivity index (χ1) is 14.1. The highest BCUT2D eigenvalue weighted by Gasteiger charge is 2.12. The van der Waals surface area contributed by atoms with Crippen LogP contribution in [0.2, 0.25) is 0 Å². The zero-order chi connectivity index (χ0) is 20.2. The molecule has 0 atom stereocenters. The van der Waals surface area contributed by atoms with Crippen LogP contribution in [0.3, 0.4) is 0 Å². The van der Waals surface area contributed by atoms with Crippen molar-refractivity contribution in [3.05, 3.63) is 72.6 Å². The van der Waals surface area contributed by atoms with E-state index in [0.29, 0.717) is 11.3 Å². The minimum atomic E-state index is -0.503. The molecule has 0 saturated heterocycles. The number of nitrogens with zero attached hydrogens (tertiary/aromatic N) is 2. The zero-order valence-corrected chi connectivity index (χ0v) is 16.8. The molecule has 2 heterocycles. The SMILES string of the molecule is NC(=O)c1ccc(NC(=O)CSc2ncnc3sc(-c4ccccc4)cc23)cc1. The van der Waals surface area contributed by atoms with Gasteiger partial charge in [0, 0.05) is 21.5 Å². The summed E-state index contributed by atoms with van der Waals surface area (Å²) in [4.78, 5) is 34.1. The molecule has 4 aromatic rings. The maximum Gasteiger partial charge on any atom is 0.248 e. The van der Waals surface area contributed by atoms with E-state index in [9.17, 15) is 9.59 Å². The molecule has 2 aromatic carbocycles.